The normalized spacial score (nSPS) is 10.4. The molecule has 0 saturated heterocycles. The Hall–Kier alpha value is -1.86. The molecule has 38 heavy (non-hydrogen) atoms. The van der Waals surface area contributed by atoms with Gasteiger partial charge in [0.1, 0.15) is 0 Å². The summed E-state index contributed by atoms with van der Waals surface area (Å²) in [5, 5.41) is 17.2. The molecule has 0 atom stereocenters. The third kappa shape index (κ3) is 14.9. The summed E-state index contributed by atoms with van der Waals surface area (Å²) in [7, 11) is 0. The Morgan fingerprint density at radius 2 is 0.842 bits per heavy atom. The molecule has 0 amide bonds. The summed E-state index contributed by atoms with van der Waals surface area (Å²) in [4.78, 5) is 25.2. The number of anilines is 2. The predicted octanol–water partition coefficient (Wildman–Crippen LogP) is 6.76. The Kier molecular flexibility index (Phi) is 18.9. The molecule has 0 aromatic heterocycles. The van der Waals surface area contributed by atoms with E-state index in [4.69, 9.17) is 56.6 Å². The Morgan fingerprint density at radius 3 is 1.08 bits per heavy atom. The van der Waals surface area contributed by atoms with Crippen LogP contribution < -0.4 is 9.80 Å². The maximum absolute atomic E-state index is 10.4. The van der Waals surface area contributed by atoms with Crippen molar-refractivity contribution >= 4 is 69.7 Å². The summed E-state index contributed by atoms with van der Waals surface area (Å²) in [6.45, 7) is 3.08. The first-order chi connectivity index (χ1) is 18.3. The maximum atomic E-state index is 10.4. The lowest BCUT2D eigenvalue weighted by atomic mass is 10.1. The van der Waals surface area contributed by atoms with Gasteiger partial charge in [0.15, 0.2) is 0 Å². The first-order valence-corrected chi connectivity index (χ1v) is 14.8. The molecule has 2 aromatic rings. The Labute approximate surface area is 246 Å². The van der Waals surface area contributed by atoms with E-state index in [0.717, 1.165) is 61.5 Å². The van der Waals surface area contributed by atoms with Crippen LogP contribution in [0.15, 0.2) is 48.5 Å². The van der Waals surface area contributed by atoms with Gasteiger partial charge in [-0.3, -0.25) is 9.59 Å². The molecule has 0 heterocycles. The quantitative estimate of drug-likeness (QED) is 0.182. The largest absolute Gasteiger partial charge is 0.481 e. The van der Waals surface area contributed by atoms with Gasteiger partial charge in [-0.1, -0.05) is 24.3 Å². The molecular formula is C28H38Cl4N2O4. The number of alkyl halides is 4. The zero-order valence-electron chi connectivity index (χ0n) is 21.6. The number of halogens is 4. The first kappa shape index (κ1) is 34.2. The number of carboxylic acid groups (broad SMARTS) is 2. The number of carboxylic acids is 2. The molecule has 2 rings (SSSR count). The molecule has 212 valence electrons. The molecular weight excluding hydrogens is 570 g/mol. The highest BCUT2D eigenvalue weighted by Crippen LogP contribution is 2.18. The van der Waals surface area contributed by atoms with E-state index in [9.17, 15) is 9.59 Å². The number of nitrogens with zero attached hydrogens (tertiary/aromatic N) is 2. The van der Waals surface area contributed by atoms with Crippen molar-refractivity contribution in [2.75, 3.05) is 59.5 Å². The summed E-state index contributed by atoms with van der Waals surface area (Å²) in [6.07, 6.45) is 3.34. The zero-order valence-corrected chi connectivity index (χ0v) is 24.7. The summed E-state index contributed by atoms with van der Waals surface area (Å²) in [6, 6.07) is 16.3. The second-order valence-corrected chi connectivity index (χ2v) is 10.1. The van der Waals surface area contributed by atoms with E-state index in [1.165, 1.54) is 0 Å². The van der Waals surface area contributed by atoms with Crippen LogP contribution in [0.1, 0.15) is 36.8 Å². The van der Waals surface area contributed by atoms with Crippen molar-refractivity contribution in [3.63, 3.8) is 0 Å². The number of hydrogen-bond donors (Lipinski definition) is 2. The number of aryl methyl sites for hydroxylation is 2. The standard InChI is InChI=1S/2C14H19Cl2NO2/c2*15-8-10-17(11-9-16)13-6-4-12(5-7-13)2-1-3-14(18)19/h2*4-7H,1-3,8-11H2,(H,18,19). The van der Waals surface area contributed by atoms with Gasteiger partial charge in [-0.05, 0) is 61.1 Å². The molecule has 0 saturated carbocycles. The third-order valence-corrected chi connectivity index (χ3v) is 6.41. The Morgan fingerprint density at radius 1 is 0.553 bits per heavy atom. The molecule has 10 heteroatoms. The minimum absolute atomic E-state index is 0.215. The van der Waals surface area contributed by atoms with Crippen molar-refractivity contribution in [2.45, 2.75) is 38.5 Å². The second-order valence-electron chi connectivity index (χ2n) is 8.56. The lowest BCUT2D eigenvalue weighted by Crippen LogP contribution is -2.27. The fourth-order valence-electron chi connectivity index (χ4n) is 3.78. The fourth-order valence-corrected chi connectivity index (χ4v) is 4.60. The van der Waals surface area contributed by atoms with Crippen molar-refractivity contribution < 1.29 is 19.8 Å². The molecule has 0 bridgehead atoms. The number of hydrogen-bond acceptors (Lipinski definition) is 4. The molecule has 0 aliphatic heterocycles. The van der Waals surface area contributed by atoms with Crippen LogP contribution in [0.2, 0.25) is 0 Å². The van der Waals surface area contributed by atoms with Gasteiger partial charge in [0.25, 0.3) is 0 Å². The van der Waals surface area contributed by atoms with Gasteiger partial charge >= 0.3 is 11.9 Å². The van der Waals surface area contributed by atoms with Gasteiger partial charge in [-0.2, -0.15) is 0 Å². The highest BCUT2D eigenvalue weighted by atomic mass is 35.5. The third-order valence-electron chi connectivity index (χ3n) is 5.73. The van der Waals surface area contributed by atoms with E-state index in [-0.39, 0.29) is 12.8 Å². The van der Waals surface area contributed by atoms with E-state index in [2.05, 4.69) is 9.80 Å². The number of aliphatic carboxylic acids is 2. The van der Waals surface area contributed by atoms with E-state index < -0.39 is 11.9 Å². The van der Waals surface area contributed by atoms with Crippen LogP contribution >= 0.6 is 46.4 Å². The van der Waals surface area contributed by atoms with E-state index in [1.807, 2.05) is 48.5 Å². The molecule has 0 aliphatic rings. The lowest BCUT2D eigenvalue weighted by molar-refractivity contribution is -0.138. The number of benzene rings is 2. The number of carbonyl (C=O) groups is 2. The van der Waals surface area contributed by atoms with E-state index in [0.29, 0.717) is 36.4 Å². The van der Waals surface area contributed by atoms with Gasteiger partial charge in [-0.25, -0.2) is 0 Å². The average Bonchev–Trinajstić information content (AvgIpc) is 2.89. The molecule has 0 aliphatic carbocycles. The topological polar surface area (TPSA) is 81.1 Å². The number of rotatable bonds is 18. The molecule has 0 unspecified atom stereocenters. The second kappa shape index (κ2) is 21.0. The highest BCUT2D eigenvalue weighted by molar-refractivity contribution is 6.19. The van der Waals surface area contributed by atoms with Crippen molar-refractivity contribution in [1.29, 1.82) is 0 Å². The average molecular weight is 608 g/mol. The van der Waals surface area contributed by atoms with Crippen LogP contribution in [-0.2, 0) is 22.4 Å². The van der Waals surface area contributed by atoms with Gasteiger partial charge < -0.3 is 20.0 Å². The van der Waals surface area contributed by atoms with Gasteiger partial charge in [0.2, 0.25) is 0 Å². The van der Waals surface area contributed by atoms with Crippen molar-refractivity contribution in [2.24, 2.45) is 0 Å². The van der Waals surface area contributed by atoms with Gasteiger partial charge in [0, 0.05) is 73.9 Å². The fraction of sp³-hybridized carbons (Fsp3) is 0.500. The van der Waals surface area contributed by atoms with Crippen molar-refractivity contribution in [3.05, 3.63) is 59.7 Å². The lowest BCUT2D eigenvalue weighted by Gasteiger charge is -2.23. The first-order valence-electron chi connectivity index (χ1n) is 12.7. The van der Waals surface area contributed by atoms with Crippen LogP contribution in [0.5, 0.6) is 0 Å². The molecule has 2 aromatic carbocycles. The van der Waals surface area contributed by atoms with Gasteiger partial charge in [-0.15, -0.1) is 46.4 Å². The minimum Gasteiger partial charge on any atom is -0.481 e. The Balaban J connectivity index is 0.000000380. The van der Waals surface area contributed by atoms with Crippen molar-refractivity contribution in [3.8, 4) is 0 Å². The van der Waals surface area contributed by atoms with Crippen LogP contribution in [0.25, 0.3) is 0 Å². The summed E-state index contributed by atoms with van der Waals surface area (Å²) >= 11 is 23.1. The van der Waals surface area contributed by atoms with Crippen molar-refractivity contribution in [1.82, 2.24) is 0 Å². The monoisotopic (exact) mass is 606 g/mol. The summed E-state index contributed by atoms with van der Waals surface area (Å²) in [5.41, 5.74) is 4.51. The molecule has 0 fully saturated rings. The van der Waals surface area contributed by atoms with Gasteiger partial charge in [0.05, 0.1) is 0 Å². The van der Waals surface area contributed by atoms with Crippen LogP contribution in [0.3, 0.4) is 0 Å². The molecule has 0 spiro atoms. The van der Waals surface area contributed by atoms with Crippen LogP contribution in [0, 0.1) is 0 Å². The van der Waals surface area contributed by atoms with Crippen LogP contribution in [0.4, 0.5) is 11.4 Å². The molecule has 2 N–H and O–H groups in total. The minimum atomic E-state index is -0.743. The zero-order chi connectivity index (χ0) is 28.2. The van der Waals surface area contributed by atoms with E-state index >= 15 is 0 Å². The maximum Gasteiger partial charge on any atom is 0.303 e. The Bertz CT molecular complexity index is 827. The molecule has 6 nitrogen and oxygen atoms in total. The van der Waals surface area contributed by atoms with E-state index in [1.54, 1.807) is 0 Å². The highest BCUT2D eigenvalue weighted by Gasteiger charge is 2.07. The smallest absolute Gasteiger partial charge is 0.303 e. The van der Waals surface area contributed by atoms with Crippen LogP contribution in [-0.4, -0.2) is 71.9 Å². The SMILES string of the molecule is O=C(O)CCCc1ccc(N(CCCl)CCCl)cc1.O=C(O)CCCc1ccc(N(CCCl)CCCl)cc1. The summed E-state index contributed by atoms with van der Waals surface area (Å²) in [5.74, 6) is 0.780. The predicted molar refractivity (Wildman–Crippen MR) is 161 cm³/mol. The molecule has 0 radical (unpaired) electrons. The summed E-state index contributed by atoms with van der Waals surface area (Å²) < 4.78 is 0.